The van der Waals surface area contributed by atoms with Crippen LogP contribution in [-0.2, 0) is 0 Å². The number of hydrogen-bond acceptors (Lipinski definition) is 4. The number of aliphatic hydroxyl groups is 1. The summed E-state index contributed by atoms with van der Waals surface area (Å²) in [6.45, 7) is 6.87. The van der Waals surface area contributed by atoms with Crippen molar-refractivity contribution in [1.29, 1.82) is 0 Å². The SMILES string of the molecule is CCCC(CCO)N[C@H]1NN(C)C1(C)C. The van der Waals surface area contributed by atoms with Crippen molar-refractivity contribution < 1.29 is 5.11 Å². The molecule has 4 heteroatoms. The summed E-state index contributed by atoms with van der Waals surface area (Å²) in [6.07, 6.45) is 3.44. The molecular weight excluding hydrogens is 190 g/mol. The molecule has 1 heterocycles. The van der Waals surface area contributed by atoms with Gasteiger partial charge in [-0.1, -0.05) is 13.3 Å². The van der Waals surface area contributed by atoms with Crippen molar-refractivity contribution in [3.05, 3.63) is 0 Å². The van der Waals surface area contributed by atoms with Crippen LogP contribution in [0.1, 0.15) is 40.0 Å². The topological polar surface area (TPSA) is 47.5 Å². The maximum Gasteiger partial charge on any atom is 0.0903 e. The minimum atomic E-state index is 0.154. The molecule has 3 N–H and O–H groups in total. The van der Waals surface area contributed by atoms with Crippen LogP contribution in [0.15, 0.2) is 0 Å². The van der Waals surface area contributed by atoms with Crippen molar-refractivity contribution in [3.8, 4) is 0 Å². The summed E-state index contributed by atoms with van der Waals surface area (Å²) in [5, 5.41) is 14.7. The van der Waals surface area contributed by atoms with Gasteiger partial charge in [-0.25, -0.2) is 10.4 Å². The molecule has 0 aromatic carbocycles. The van der Waals surface area contributed by atoms with Crippen LogP contribution in [-0.4, -0.2) is 41.5 Å². The van der Waals surface area contributed by atoms with Crippen molar-refractivity contribution in [1.82, 2.24) is 15.8 Å². The number of nitrogens with one attached hydrogen (secondary N) is 2. The second-order valence-electron chi connectivity index (χ2n) is 4.94. The summed E-state index contributed by atoms with van der Waals surface area (Å²) in [4.78, 5) is 0. The van der Waals surface area contributed by atoms with E-state index in [0.29, 0.717) is 12.2 Å². The minimum Gasteiger partial charge on any atom is -0.396 e. The predicted molar refractivity (Wildman–Crippen MR) is 62.3 cm³/mol. The Morgan fingerprint density at radius 3 is 2.53 bits per heavy atom. The van der Waals surface area contributed by atoms with Crippen LogP contribution in [0.25, 0.3) is 0 Å². The van der Waals surface area contributed by atoms with Gasteiger partial charge in [-0.2, -0.15) is 0 Å². The molecule has 1 aliphatic rings. The monoisotopic (exact) mass is 215 g/mol. The Bertz CT molecular complexity index is 190. The Morgan fingerprint density at radius 2 is 2.13 bits per heavy atom. The molecule has 0 aliphatic carbocycles. The van der Waals surface area contributed by atoms with Crippen molar-refractivity contribution in [2.24, 2.45) is 0 Å². The zero-order valence-corrected chi connectivity index (χ0v) is 10.4. The van der Waals surface area contributed by atoms with E-state index in [1.165, 1.54) is 0 Å². The number of nitrogens with zero attached hydrogens (tertiary/aromatic N) is 1. The fourth-order valence-corrected chi connectivity index (χ4v) is 1.94. The van der Waals surface area contributed by atoms with Crippen LogP contribution in [0, 0.1) is 0 Å². The average Bonchev–Trinajstić information content (AvgIpc) is 2.18. The molecule has 4 nitrogen and oxygen atoms in total. The fourth-order valence-electron chi connectivity index (χ4n) is 1.94. The molecule has 0 bridgehead atoms. The van der Waals surface area contributed by atoms with Crippen molar-refractivity contribution in [2.75, 3.05) is 13.7 Å². The van der Waals surface area contributed by atoms with E-state index in [2.05, 4.69) is 43.6 Å². The second kappa shape index (κ2) is 5.25. The van der Waals surface area contributed by atoms with E-state index in [9.17, 15) is 0 Å². The van der Waals surface area contributed by atoms with E-state index < -0.39 is 0 Å². The summed E-state index contributed by atoms with van der Waals surface area (Å²) < 4.78 is 0. The van der Waals surface area contributed by atoms with Gasteiger partial charge in [0.15, 0.2) is 0 Å². The highest BCUT2D eigenvalue weighted by molar-refractivity contribution is 4.98. The lowest BCUT2D eigenvalue weighted by Gasteiger charge is -2.55. The lowest BCUT2D eigenvalue weighted by Crippen LogP contribution is -2.79. The molecule has 2 atom stereocenters. The highest BCUT2D eigenvalue weighted by Crippen LogP contribution is 2.24. The summed E-state index contributed by atoms with van der Waals surface area (Å²) in [7, 11) is 2.05. The number of hydrogen-bond donors (Lipinski definition) is 3. The Balaban J connectivity index is 2.38. The lowest BCUT2D eigenvalue weighted by molar-refractivity contribution is -0.0921. The van der Waals surface area contributed by atoms with Gasteiger partial charge in [0.1, 0.15) is 0 Å². The highest BCUT2D eigenvalue weighted by Gasteiger charge is 2.44. The van der Waals surface area contributed by atoms with E-state index in [4.69, 9.17) is 5.11 Å². The first-order chi connectivity index (χ1) is 7.02. The summed E-state index contributed by atoms with van der Waals surface area (Å²) >= 11 is 0. The maximum absolute atomic E-state index is 8.98. The fraction of sp³-hybridized carbons (Fsp3) is 1.00. The number of hydrazine groups is 1. The molecule has 0 radical (unpaired) electrons. The first-order valence-electron chi connectivity index (χ1n) is 5.89. The molecule has 0 amide bonds. The number of aliphatic hydroxyl groups excluding tert-OH is 1. The third kappa shape index (κ3) is 2.91. The van der Waals surface area contributed by atoms with Gasteiger partial charge in [0.25, 0.3) is 0 Å². The van der Waals surface area contributed by atoms with E-state index >= 15 is 0 Å². The van der Waals surface area contributed by atoms with Gasteiger partial charge in [-0.15, -0.1) is 0 Å². The van der Waals surface area contributed by atoms with E-state index in [1.54, 1.807) is 0 Å². The molecule has 90 valence electrons. The average molecular weight is 215 g/mol. The molecule has 1 unspecified atom stereocenters. The molecule has 0 aromatic rings. The summed E-state index contributed by atoms with van der Waals surface area (Å²) in [5.74, 6) is 0. The first kappa shape index (κ1) is 12.9. The lowest BCUT2D eigenvalue weighted by atomic mass is 9.94. The summed E-state index contributed by atoms with van der Waals surface area (Å²) in [5.41, 5.74) is 3.48. The zero-order chi connectivity index (χ0) is 11.5. The molecule has 1 aliphatic heterocycles. The Hall–Kier alpha value is -0.160. The van der Waals surface area contributed by atoms with Gasteiger partial charge in [-0.05, 0) is 26.7 Å². The van der Waals surface area contributed by atoms with Gasteiger partial charge in [-0.3, -0.25) is 5.32 Å². The van der Waals surface area contributed by atoms with E-state index in [-0.39, 0.29) is 12.1 Å². The number of rotatable bonds is 6. The third-order valence-electron chi connectivity index (χ3n) is 3.41. The van der Waals surface area contributed by atoms with E-state index in [0.717, 1.165) is 19.3 Å². The van der Waals surface area contributed by atoms with E-state index in [1.807, 2.05) is 0 Å². The Labute approximate surface area is 93.0 Å². The molecule has 15 heavy (non-hydrogen) atoms. The molecule has 0 aromatic heterocycles. The molecule has 0 saturated carbocycles. The zero-order valence-electron chi connectivity index (χ0n) is 10.4. The van der Waals surface area contributed by atoms with Crippen LogP contribution in [0.2, 0.25) is 0 Å². The molecule has 1 saturated heterocycles. The normalized spacial score (nSPS) is 27.4. The maximum atomic E-state index is 8.98. The smallest absolute Gasteiger partial charge is 0.0903 e. The third-order valence-corrected chi connectivity index (χ3v) is 3.41. The van der Waals surface area contributed by atoms with Crippen LogP contribution in [0.3, 0.4) is 0 Å². The predicted octanol–water partition coefficient (Wildman–Crippen LogP) is 0.682. The molecular formula is C11H25N3O. The van der Waals surface area contributed by atoms with Gasteiger partial charge in [0, 0.05) is 19.7 Å². The van der Waals surface area contributed by atoms with Crippen LogP contribution in [0.5, 0.6) is 0 Å². The largest absolute Gasteiger partial charge is 0.396 e. The van der Waals surface area contributed by atoms with Gasteiger partial charge in [0.2, 0.25) is 0 Å². The Kier molecular flexibility index (Phi) is 4.52. The minimum absolute atomic E-state index is 0.154. The van der Waals surface area contributed by atoms with Crippen molar-refractivity contribution in [3.63, 3.8) is 0 Å². The molecule has 1 rings (SSSR count). The first-order valence-corrected chi connectivity index (χ1v) is 5.89. The van der Waals surface area contributed by atoms with Crippen molar-refractivity contribution in [2.45, 2.75) is 57.8 Å². The van der Waals surface area contributed by atoms with Crippen LogP contribution < -0.4 is 10.7 Å². The standard InChI is InChI=1S/C11H25N3O/c1-5-6-9(7-8-15)12-10-11(2,3)14(4)13-10/h9-10,12-13,15H,5-8H2,1-4H3/t9?,10-/m0/s1. The summed E-state index contributed by atoms with van der Waals surface area (Å²) in [6, 6.07) is 0.422. The van der Waals surface area contributed by atoms with Crippen LogP contribution >= 0.6 is 0 Å². The highest BCUT2D eigenvalue weighted by atomic mass is 16.3. The van der Waals surface area contributed by atoms with Crippen molar-refractivity contribution >= 4 is 0 Å². The van der Waals surface area contributed by atoms with Gasteiger partial charge in [0.05, 0.1) is 11.7 Å². The quantitative estimate of drug-likeness (QED) is 0.610. The second-order valence-corrected chi connectivity index (χ2v) is 4.94. The molecule has 1 fully saturated rings. The number of likely N-dealkylation sites (N-methyl/N-ethyl adjacent to an activating group) is 1. The Morgan fingerprint density at radius 1 is 1.47 bits per heavy atom. The van der Waals surface area contributed by atoms with Gasteiger partial charge >= 0.3 is 0 Å². The molecule has 0 spiro atoms. The van der Waals surface area contributed by atoms with Gasteiger partial charge < -0.3 is 5.11 Å². The van der Waals surface area contributed by atoms with Crippen LogP contribution in [0.4, 0.5) is 0 Å².